The molecule has 0 amide bonds. The van der Waals surface area contributed by atoms with Crippen molar-refractivity contribution >= 4 is 11.8 Å². The molecule has 0 saturated heterocycles. The highest BCUT2D eigenvalue weighted by atomic mass is 32.2. The lowest BCUT2D eigenvalue weighted by molar-refractivity contribution is 0.211. The van der Waals surface area contributed by atoms with Gasteiger partial charge in [-0.3, -0.25) is 0 Å². The van der Waals surface area contributed by atoms with Crippen LogP contribution in [-0.2, 0) is 0 Å². The van der Waals surface area contributed by atoms with Gasteiger partial charge in [-0.1, -0.05) is 12.3 Å². The first-order valence-electron chi connectivity index (χ1n) is 7.14. The Hall–Kier alpha value is -0.130. The van der Waals surface area contributed by atoms with Crippen LogP contribution in [0.1, 0.15) is 32.1 Å². The molecule has 1 N–H and O–H groups in total. The molecule has 0 spiro atoms. The molecule has 0 aliphatic heterocycles. The minimum absolute atomic E-state index is 0.839. The molecule has 0 radical (unpaired) electrons. The average Bonchev–Trinajstić information content (AvgIpc) is 3.00. The van der Waals surface area contributed by atoms with Crippen LogP contribution in [0.25, 0.3) is 0 Å². The molecule has 2 heteroatoms. The summed E-state index contributed by atoms with van der Waals surface area (Å²) in [4.78, 5) is 0. The Morgan fingerprint density at radius 1 is 1.18 bits per heavy atom. The van der Waals surface area contributed by atoms with E-state index in [4.69, 9.17) is 6.42 Å². The summed E-state index contributed by atoms with van der Waals surface area (Å²) in [6.07, 6.45) is 12.8. The predicted molar refractivity (Wildman–Crippen MR) is 75.0 cm³/mol. The smallest absolute Gasteiger partial charge is 0.0545 e. The molecular weight excluding hydrogens is 226 g/mol. The molecule has 0 aromatic heterocycles. The molecule has 3 saturated carbocycles. The van der Waals surface area contributed by atoms with Crippen molar-refractivity contribution < 1.29 is 0 Å². The van der Waals surface area contributed by atoms with Gasteiger partial charge in [-0.05, 0) is 49.4 Å². The molecule has 5 unspecified atom stereocenters. The molecular formula is C15H23NS. The van der Waals surface area contributed by atoms with Crippen molar-refractivity contribution in [2.75, 3.05) is 18.1 Å². The lowest BCUT2D eigenvalue weighted by Crippen LogP contribution is -2.40. The van der Waals surface area contributed by atoms with Gasteiger partial charge in [0.05, 0.1) is 5.75 Å². The Kier molecular flexibility index (Phi) is 3.68. The second-order valence-electron chi connectivity index (χ2n) is 5.97. The fraction of sp³-hybridized carbons (Fsp3) is 0.867. The van der Waals surface area contributed by atoms with Crippen molar-refractivity contribution in [1.29, 1.82) is 0 Å². The summed E-state index contributed by atoms with van der Waals surface area (Å²) in [6, 6.07) is 0.839. The maximum absolute atomic E-state index is 5.25. The lowest BCUT2D eigenvalue weighted by atomic mass is 9.79. The Labute approximate surface area is 110 Å². The summed E-state index contributed by atoms with van der Waals surface area (Å²) in [5, 5.41) is 3.80. The SMILES string of the molecule is C#CCSCCNC1CC2CC1C1CCCC21. The fourth-order valence-corrected chi connectivity index (χ4v) is 5.27. The Bertz CT molecular complexity index is 309. The summed E-state index contributed by atoms with van der Waals surface area (Å²) in [6.45, 7) is 1.15. The summed E-state index contributed by atoms with van der Waals surface area (Å²) in [5.74, 6) is 9.02. The zero-order valence-electron chi connectivity index (χ0n) is 10.5. The Balaban J connectivity index is 1.43. The van der Waals surface area contributed by atoms with Gasteiger partial charge in [0.25, 0.3) is 0 Å². The van der Waals surface area contributed by atoms with E-state index in [1.165, 1.54) is 37.9 Å². The number of hydrogen-bond acceptors (Lipinski definition) is 2. The molecule has 3 aliphatic rings. The van der Waals surface area contributed by atoms with E-state index in [-0.39, 0.29) is 0 Å². The molecule has 0 heterocycles. The van der Waals surface area contributed by atoms with Crippen molar-refractivity contribution in [2.45, 2.75) is 38.1 Å². The van der Waals surface area contributed by atoms with E-state index >= 15 is 0 Å². The normalized spacial score (nSPS) is 42.6. The van der Waals surface area contributed by atoms with Crippen LogP contribution in [0.15, 0.2) is 0 Å². The van der Waals surface area contributed by atoms with Gasteiger partial charge in [0.15, 0.2) is 0 Å². The third kappa shape index (κ3) is 2.25. The Morgan fingerprint density at radius 3 is 2.94 bits per heavy atom. The summed E-state index contributed by atoms with van der Waals surface area (Å²) < 4.78 is 0. The number of thioether (sulfide) groups is 1. The van der Waals surface area contributed by atoms with Crippen LogP contribution < -0.4 is 5.32 Å². The molecule has 3 aliphatic carbocycles. The third-order valence-corrected chi connectivity index (χ3v) is 6.13. The topological polar surface area (TPSA) is 12.0 Å². The number of nitrogens with one attached hydrogen (secondary N) is 1. The minimum atomic E-state index is 0.839. The molecule has 3 rings (SSSR count). The second kappa shape index (κ2) is 5.24. The average molecular weight is 249 g/mol. The van der Waals surface area contributed by atoms with Crippen LogP contribution in [0.3, 0.4) is 0 Å². The van der Waals surface area contributed by atoms with Crippen LogP contribution in [0.2, 0.25) is 0 Å². The molecule has 3 fully saturated rings. The van der Waals surface area contributed by atoms with E-state index in [1.807, 2.05) is 11.8 Å². The van der Waals surface area contributed by atoms with Gasteiger partial charge >= 0.3 is 0 Å². The third-order valence-electron chi connectivity index (χ3n) is 5.27. The van der Waals surface area contributed by atoms with Gasteiger partial charge in [0, 0.05) is 18.3 Å². The zero-order valence-corrected chi connectivity index (χ0v) is 11.3. The quantitative estimate of drug-likeness (QED) is 0.594. The van der Waals surface area contributed by atoms with Gasteiger partial charge in [0.1, 0.15) is 0 Å². The molecule has 5 atom stereocenters. The van der Waals surface area contributed by atoms with Gasteiger partial charge in [-0.2, -0.15) is 0 Å². The minimum Gasteiger partial charge on any atom is -0.313 e. The van der Waals surface area contributed by atoms with E-state index < -0.39 is 0 Å². The van der Waals surface area contributed by atoms with Crippen molar-refractivity contribution in [3.63, 3.8) is 0 Å². The van der Waals surface area contributed by atoms with Crippen LogP contribution in [0.5, 0.6) is 0 Å². The first-order valence-corrected chi connectivity index (χ1v) is 8.30. The highest BCUT2D eigenvalue weighted by Gasteiger charge is 2.53. The molecule has 94 valence electrons. The van der Waals surface area contributed by atoms with Gasteiger partial charge in [-0.15, -0.1) is 18.2 Å². The van der Waals surface area contributed by atoms with Crippen molar-refractivity contribution in [3.8, 4) is 12.3 Å². The number of hydrogen-bond donors (Lipinski definition) is 1. The predicted octanol–water partition coefficient (Wildman–Crippen LogP) is 2.77. The largest absolute Gasteiger partial charge is 0.313 e. The second-order valence-corrected chi connectivity index (χ2v) is 7.08. The van der Waals surface area contributed by atoms with E-state index in [0.29, 0.717) is 0 Å². The van der Waals surface area contributed by atoms with E-state index in [9.17, 15) is 0 Å². The van der Waals surface area contributed by atoms with Crippen LogP contribution in [-0.4, -0.2) is 24.1 Å². The zero-order chi connectivity index (χ0) is 11.7. The van der Waals surface area contributed by atoms with Crippen molar-refractivity contribution in [2.24, 2.45) is 23.7 Å². The molecule has 2 bridgehead atoms. The molecule has 0 aromatic rings. The highest BCUT2D eigenvalue weighted by molar-refractivity contribution is 7.99. The van der Waals surface area contributed by atoms with E-state index in [1.54, 1.807) is 0 Å². The molecule has 0 aromatic carbocycles. The fourth-order valence-electron chi connectivity index (χ4n) is 4.75. The lowest BCUT2D eigenvalue weighted by Gasteiger charge is -2.32. The Morgan fingerprint density at radius 2 is 2.06 bits per heavy atom. The van der Waals surface area contributed by atoms with Gasteiger partial charge in [-0.25, -0.2) is 0 Å². The summed E-state index contributed by atoms with van der Waals surface area (Å²) in [5.41, 5.74) is 0. The number of terminal acetylenes is 1. The van der Waals surface area contributed by atoms with Crippen molar-refractivity contribution in [3.05, 3.63) is 0 Å². The van der Waals surface area contributed by atoms with Crippen LogP contribution in [0, 0.1) is 36.0 Å². The maximum Gasteiger partial charge on any atom is 0.0545 e. The summed E-state index contributed by atoms with van der Waals surface area (Å²) >= 11 is 1.88. The highest BCUT2D eigenvalue weighted by Crippen LogP contribution is 2.58. The number of fused-ring (bicyclic) bond motifs is 5. The van der Waals surface area contributed by atoms with Crippen LogP contribution >= 0.6 is 11.8 Å². The molecule has 1 nitrogen and oxygen atoms in total. The standard InChI is InChI=1S/C15H23NS/c1-2-7-17-8-6-16-15-10-11-9-14(15)13-5-3-4-12(11)13/h1,11-16H,3-10H2. The first-order chi connectivity index (χ1) is 8.40. The van der Waals surface area contributed by atoms with Gasteiger partial charge < -0.3 is 5.32 Å². The summed E-state index contributed by atoms with van der Waals surface area (Å²) in [7, 11) is 0. The number of rotatable bonds is 5. The van der Waals surface area contributed by atoms with E-state index in [0.717, 1.165) is 42.0 Å². The molecule has 17 heavy (non-hydrogen) atoms. The van der Waals surface area contributed by atoms with Crippen LogP contribution in [0.4, 0.5) is 0 Å². The first kappa shape index (κ1) is 11.9. The van der Waals surface area contributed by atoms with E-state index in [2.05, 4.69) is 11.2 Å². The monoisotopic (exact) mass is 249 g/mol. The van der Waals surface area contributed by atoms with Crippen molar-refractivity contribution in [1.82, 2.24) is 5.32 Å². The maximum atomic E-state index is 5.25. The van der Waals surface area contributed by atoms with Gasteiger partial charge in [0.2, 0.25) is 0 Å².